The Balaban J connectivity index is 2.88. The molecule has 0 fully saturated rings. The highest BCUT2D eigenvalue weighted by molar-refractivity contribution is 7.85. The maximum Gasteiger partial charge on any atom is 0.294 e. The van der Waals surface area contributed by atoms with Crippen LogP contribution in [0.2, 0.25) is 0 Å². The van der Waals surface area contributed by atoms with Gasteiger partial charge in [0.05, 0.1) is 4.90 Å². The van der Waals surface area contributed by atoms with Crippen molar-refractivity contribution >= 4 is 33.3 Å². The second kappa shape index (κ2) is 7.64. The fraction of sp³-hybridized carbons (Fsp3) is 0.167. The van der Waals surface area contributed by atoms with E-state index in [-0.39, 0.29) is 16.2 Å². The van der Waals surface area contributed by atoms with E-state index in [1.165, 1.54) is 24.4 Å². The SMILES string of the molecule is N#C/C(=C/NCCCl)C(=O)Nc1cccc(S(=O)(=O)O)c1. The molecule has 0 saturated heterocycles. The number of halogens is 1. The van der Waals surface area contributed by atoms with Gasteiger partial charge in [-0.15, -0.1) is 11.6 Å². The first-order valence-corrected chi connectivity index (χ1v) is 7.64. The van der Waals surface area contributed by atoms with E-state index in [9.17, 15) is 13.2 Å². The molecular weight excluding hydrogens is 318 g/mol. The highest BCUT2D eigenvalue weighted by Gasteiger charge is 2.13. The molecule has 21 heavy (non-hydrogen) atoms. The van der Waals surface area contributed by atoms with Gasteiger partial charge in [0.15, 0.2) is 0 Å². The Morgan fingerprint density at radius 1 is 1.48 bits per heavy atom. The van der Waals surface area contributed by atoms with Crippen molar-refractivity contribution in [2.45, 2.75) is 4.90 Å². The van der Waals surface area contributed by atoms with Gasteiger partial charge < -0.3 is 10.6 Å². The summed E-state index contributed by atoms with van der Waals surface area (Å²) in [4.78, 5) is 11.5. The number of anilines is 1. The van der Waals surface area contributed by atoms with Crippen LogP contribution in [0.3, 0.4) is 0 Å². The quantitative estimate of drug-likeness (QED) is 0.236. The molecule has 0 radical (unpaired) electrons. The molecule has 0 aliphatic carbocycles. The Bertz CT molecular complexity index is 695. The van der Waals surface area contributed by atoms with Gasteiger partial charge in [0.2, 0.25) is 0 Å². The molecule has 3 N–H and O–H groups in total. The number of hydrogen-bond acceptors (Lipinski definition) is 5. The number of hydrogen-bond donors (Lipinski definition) is 3. The van der Waals surface area contributed by atoms with Crippen LogP contribution in [0.1, 0.15) is 0 Å². The molecule has 0 bridgehead atoms. The minimum absolute atomic E-state index is 0.133. The van der Waals surface area contributed by atoms with E-state index in [1.807, 2.05) is 0 Å². The van der Waals surface area contributed by atoms with Crippen molar-refractivity contribution in [2.24, 2.45) is 0 Å². The number of benzene rings is 1. The highest BCUT2D eigenvalue weighted by atomic mass is 35.5. The molecule has 0 saturated carbocycles. The predicted octanol–water partition coefficient (Wildman–Crippen LogP) is 1.11. The number of nitrogens with one attached hydrogen (secondary N) is 2. The number of alkyl halides is 1. The summed E-state index contributed by atoms with van der Waals surface area (Å²) in [6.07, 6.45) is 1.21. The molecule has 0 aliphatic heterocycles. The average Bonchev–Trinajstić information content (AvgIpc) is 2.43. The Morgan fingerprint density at radius 3 is 2.76 bits per heavy atom. The smallest absolute Gasteiger partial charge is 0.294 e. The van der Waals surface area contributed by atoms with Crippen molar-refractivity contribution in [2.75, 3.05) is 17.7 Å². The maximum atomic E-state index is 11.8. The minimum atomic E-state index is -4.36. The Morgan fingerprint density at radius 2 is 2.19 bits per heavy atom. The zero-order valence-corrected chi connectivity index (χ0v) is 12.3. The summed E-state index contributed by atoms with van der Waals surface area (Å²) < 4.78 is 30.9. The highest BCUT2D eigenvalue weighted by Crippen LogP contribution is 2.15. The zero-order valence-electron chi connectivity index (χ0n) is 10.7. The van der Waals surface area contributed by atoms with Crippen LogP contribution in [0.5, 0.6) is 0 Å². The van der Waals surface area contributed by atoms with Crippen LogP contribution in [0.4, 0.5) is 5.69 Å². The lowest BCUT2D eigenvalue weighted by Gasteiger charge is -2.06. The summed E-state index contributed by atoms with van der Waals surface area (Å²) in [6, 6.07) is 6.73. The number of carbonyl (C=O) groups excluding carboxylic acids is 1. The second-order valence-electron chi connectivity index (χ2n) is 3.77. The van der Waals surface area contributed by atoms with Gasteiger partial charge in [-0.2, -0.15) is 13.7 Å². The molecule has 0 aromatic heterocycles. The van der Waals surface area contributed by atoms with Gasteiger partial charge in [-0.3, -0.25) is 9.35 Å². The largest absolute Gasteiger partial charge is 0.388 e. The second-order valence-corrected chi connectivity index (χ2v) is 5.57. The van der Waals surface area contributed by atoms with Crippen LogP contribution < -0.4 is 10.6 Å². The van der Waals surface area contributed by atoms with Crippen LogP contribution in [-0.2, 0) is 14.9 Å². The molecule has 0 aliphatic rings. The van der Waals surface area contributed by atoms with Gasteiger partial charge in [-0.1, -0.05) is 6.07 Å². The van der Waals surface area contributed by atoms with E-state index in [1.54, 1.807) is 6.07 Å². The zero-order chi connectivity index (χ0) is 15.9. The molecule has 1 aromatic carbocycles. The van der Waals surface area contributed by atoms with E-state index < -0.39 is 16.0 Å². The van der Waals surface area contributed by atoms with Crippen molar-refractivity contribution in [3.8, 4) is 6.07 Å². The molecule has 1 aromatic rings. The summed E-state index contributed by atoms with van der Waals surface area (Å²) >= 11 is 5.44. The van der Waals surface area contributed by atoms with Gasteiger partial charge in [0.25, 0.3) is 16.0 Å². The lowest BCUT2D eigenvalue weighted by atomic mass is 10.2. The summed E-state index contributed by atoms with van der Waals surface area (Å²) in [5.41, 5.74) is -0.0639. The molecular formula is C12H12ClN3O4S. The predicted molar refractivity (Wildman–Crippen MR) is 77.3 cm³/mol. The Labute approximate surface area is 127 Å². The van der Waals surface area contributed by atoms with Crippen LogP contribution in [0.25, 0.3) is 0 Å². The van der Waals surface area contributed by atoms with Crippen LogP contribution in [-0.4, -0.2) is 31.3 Å². The lowest BCUT2D eigenvalue weighted by molar-refractivity contribution is -0.112. The fourth-order valence-corrected chi connectivity index (χ4v) is 1.95. The molecule has 0 atom stereocenters. The molecule has 1 amide bonds. The van der Waals surface area contributed by atoms with Gasteiger partial charge in [-0.05, 0) is 18.2 Å². The van der Waals surface area contributed by atoms with E-state index in [2.05, 4.69) is 10.6 Å². The molecule has 0 spiro atoms. The van der Waals surface area contributed by atoms with Gasteiger partial charge in [0.1, 0.15) is 11.6 Å². The number of nitriles is 1. The maximum absolute atomic E-state index is 11.8. The molecule has 0 heterocycles. The lowest BCUT2D eigenvalue weighted by Crippen LogP contribution is -2.17. The first kappa shape index (κ1) is 17.0. The summed E-state index contributed by atoms with van der Waals surface area (Å²) in [7, 11) is -4.36. The van der Waals surface area contributed by atoms with Crippen LogP contribution in [0, 0.1) is 11.3 Å². The van der Waals surface area contributed by atoms with Gasteiger partial charge in [-0.25, -0.2) is 0 Å². The molecule has 0 unspecified atom stereocenters. The normalized spacial score (nSPS) is 11.6. The molecule has 1 rings (SSSR count). The third kappa shape index (κ3) is 5.43. The summed E-state index contributed by atoms with van der Waals surface area (Å²) in [5, 5.41) is 13.9. The van der Waals surface area contributed by atoms with Crippen molar-refractivity contribution in [1.29, 1.82) is 5.26 Å². The van der Waals surface area contributed by atoms with Gasteiger partial charge >= 0.3 is 0 Å². The first-order chi connectivity index (χ1) is 9.88. The topological polar surface area (TPSA) is 119 Å². The third-order valence-corrected chi connectivity index (χ3v) is 3.28. The molecule has 9 heteroatoms. The van der Waals surface area contributed by atoms with Gasteiger partial charge in [0, 0.05) is 24.3 Å². The Hall–Kier alpha value is -2.08. The van der Waals surface area contributed by atoms with Crippen LogP contribution >= 0.6 is 11.6 Å². The van der Waals surface area contributed by atoms with E-state index in [0.717, 1.165) is 6.07 Å². The number of amides is 1. The standard InChI is InChI=1S/C12H12ClN3O4S/c13-4-5-15-8-9(7-14)12(17)16-10-2-1-3-11(6-10)21(18,19)20/h1-3,6,8,15H,4-5H2,(H,16,17)(H,18,19,20)/b9-8-. The third-order valence-electron chi connectivity index (χ3n) is 2.24. The molecule has 112 valence electrons. The van der Waals surface area contributed by atoms with Crippen molar-refractivity contribution < 1.29 is 17.8 Å². The average molecular weight is 330 g/mol. The summed E-state index contributed by atoms with van der Waals surface area (Å²) in [5.74, 6) is -0.403. The van der Waals surface area contributed by atoms with E-state index in [0.29, 0.717) is 12.4 Å². The monoisotopic (exact) mass is 329 g/mol. The van der Waals surface area contributed by atoms with Crippen molar-refractivity contribution in [3.05, 3.63) is 36.0 Å². The van der Waals surface area contributed by atoms with E-state index in [4.69, 9.17) is 21.4 Å². The minimum Gasteiger partial charge on any atom is -0.388 e. The number of nitrogens with zero attached hydrogens (tertiary/aromatic N) is 1. The summed E-state index contributed by atoms with van der Waals surface area (Å²) in [6.45, 7) is 0.387. The Kier molecular flexibility index (Phi) is 6.17. The van der Waals surface area contributed by atoms with E-state index >= 15 is 0 Å². The van der Waals surface area contributed by atoms with Crippen molar-refractivity contribution in [1.82, 2.24) is 5.32 Å². The first-order valence-electron chi connectivity index (χ1n) is 5.67. The van der Waals surface area contributed by atoms with Crippen molar-refractivity contribution in [3.63, 3.8) is 0 Å². The number of rotatable bonds is 6. The number of carbonyl (C=O) groups is 1. The fourth-order valence-electron chi connectivity index (χ4n) is 1.31. The molecule has 7 nitrogen and oxygen atoms in total. The van der Waals surface area contributed by atoms with Crippen LogP contribution in [0.15, 0.2) is 40.9 Å².